The van der Waals surface area contributed by atoms with Crippen LogP contribution in [0.3, 0.4) is 0 Å². The first-order chi connectivity index (χ1) is 8.62. The Bertz CT molecular complexity index is 265. The Kier molecular flexibility index (Phi) is 5.88. The van der Waals surface area contributed by atoms with E-state index in [1.165, 1.54) is 13.1 Å². The predicted octanol–water partition coefficient (Wildman–Crippen LogP) is 3.62. The van der Waals surface area contributed by atoms with Gasteiger partial charge < -0.3 is 5.32 Å². The van der Waals surface area contributed by atoms with Crippen molar-refractivity contribution < 1.29 is 0 Å². The molecule has 1 saturated heterocycles. The molecule has 2 heteroatoms. The van der Waals surface area contributed by atoms with Crippen LogP contribution < -0.4 is 5.32 Å². The predicted molar refractivity (Wildman–Crippen MR) is 85.4 cm³/mol. The van der Waals surface area contributed by atoms with Crippen LogP contribution in [-0.2, 0) is 0 Å². The van der Waals surface area contributed by atoms with E-state index < -0.39 is 0 Å². The average Bonchev–Trinajstić information content (AvgIpc) is 2.27. The van der Waals surface area contributed by atoms with E-state index in [1.54, 1.807) is 0 Å². The fourth-order valence-electron chi connectivity index (χ4n) is 2.85. The van der Waals surface area contributed by atoms with Crippen molar-refractivity contribution in [2.24, 2.45) is 23.2 Å². The van der Waals surface area contributed by atoms with Gasteiger partial charge >= 0.3 is 0 Å². The highest BCUT2D eigenvalue weighted by atomic mass is 15.2. The maximum absolute atomic E-state index is 3.78. The summed E-state index contributed by atoms with van der Waals surface area (Å²) >= 11 is 0. The minimum Gasteiger partial charge on any atom is -0.311 e. The Morgan fingerprint density at radius 3 is 2.11 bits per heavy atom. The molecule has 0 radical (unpaired) electrons. The molecule has 0 aromatic heterocycles. The molecule has 2 nitrogen and oxygen atoms in total. The summed E-state index contributed by atoms with van der Waals surface area (Å²) in [6.45, 7) is 22.4. The third-order valence-corrected chi connectivity index (χ3v) is 4.93. The van der Waals surface area contributed by atoms with Crippen LogP contribution in [0, 0.1) is 23.2 Å². The largest absolute Gasteiger partial charge is 0.311 e. The molecule has 0 saturated carbocycles. The quantitative estimate of drug-likeness (QED) is 0.838. The summed E-state index contributed by atoms with van der Waals surface area (Å²) in [7, 11) is 0. The van der Waals surface area contributed by atoms with Gasteiger partial charge in [-0.05, 0) is 23.2 Å². The third kappa shape index (κ3) is 4.75. The first-order valence-electron chi connectivity index (χ1n) is 8.10. The molecule has 0 spiro atoms. The Labute approximate surface area is 121 Å². The van der Waals surface area contributed by atoms with E-state index in [2.05, 4.69) is 65.6 Å². The van der Waals surface area contributed by atoms with E-state index in [-0.39, 0.29) is 0 Å². The van der Waals surface area contributed by atoms with Crippen LogP contribution in [0.15, 0.2) is 0 Å². The topological polar surface area (TPSA) is 15.3 Å². The number of hydrogen-bond donors (Lipinski definition) is 1. The lowest BCUT2D eigenvalue weighted by atomic mass is 9.83. The zero-order valence-electron chi connectivity index (χ0n) is 14.5. The fraction of sp³-hybridized carbons (Fsp3) is 1.00. The molecule has 1 N–H and O–H groups in total. The second-order valence-corrected chi connectivity index (χ2v) is 8.31. The Hall–Kier alpha value is -0.0800. The van der Waals surface area contributed by atoms with Gasteiger partial charge in [0, 0.05) is 31.7 Å². The van der Waals surface area contributed by atoms with Gasteiger partial charge in [-0.25, -0.2) is 0 Å². The first-order valence-corrected chi connectivity index (χ1v) is 8.10. The molecular formula is C17H36N2. The van der Waals surface area contributed by atoms with Crippen molar-refractivity contribution in [2.45, 2.75) is 67.5 Å². The second kappa shape index (κ2) is 6.58. The zero-order valence-corrected chi connectivity index (χ0v) is 14.5. The minimum atomic E-state index is 0.348. The highest BCUT2D eigenvalue weighted by Gasteiger charge is 2.35. The summed E-state index contributed by atoms with van der Waals surface area (Å²) in [5.74, 6) is 2.28. The van der Waals surface area contributed by atoms with Crippen LogP contribution in [0.4, 0.5) is 0 Å². The Morgan fingerprint density at radius 1 is 1.11 bits per heavy atom. The van der Waals surface area contributed by atoms with Crippen molar-refractivity contribution >= 4 is 0 Å². The minimum absolute atomic E-state index is 0.348. The molecule has 1 aliphatic rings. The van der Waals surface area contributed by atoms with E-state index in [4.69, 9.17) is 0 Å². The number of nitrogens with zero attached hydrogens (tertiary/aromatic N) is 1. The summed E-state index contributed by atoms with van der Waals surface area (Å²) in [6.07, 6.45) is 0. The number of piperazine rings is 1. The van der Waals surface area contributed by atoms with Crippen molar-refractivity contribution in [1.82, 2.24) is 10.2 Å². The van der Waals surface area contributed by atoms with Gasteiger partial charge in [-0.15, -0.1) is 0 Å². The summed E-state index contributed by atoms with van der Waals surface area (Å²) in [6, 6.07) is 1.31. The van der Waals surface area contributed by atoms with Crippen LogP contribution in [0.25, 0.3) is 0 Å². The number of hydrogen-bond acceptors (Lipinski definition) is 2. The smallest absolute Gasteiger partial charge is 0.0244 e. The van der Waals surface area contributed by atoms with E-state index in [9.17, 15) is 0 Å². The van der Waals surface area contributed by atoms with Crippen LogP contribution in [-0.4, -0.2) is 36.6 Å². The molecule has 3 unspecified atom stereocenters. The molecule has 114 valence electrons. The maximum Gasteiger partial charge on any atom is 0.0244 e. The van der Waals surface area contributed by atoms with E-state index >= 15 is 0 Å². The number of nitrogens with one attached hydrogen (secondary N) is 1. The lowest BCUT2D eigenvalue weighted by Gasteiger charge is -2.47. The lowest BCUT2D eigenvalue weighted by Crippen LogP contribution is -2.62. The molecule has 0 bridgehead atoms. The van der Waals surface area contributed by atoms with Crippen molar-refractivity contribution in [3.63, 3.8) is 0 Å². The van der Waals surface area contributed by atoms with Crippen LogP contribution in [0.5, 0.6) is 0 Å². The van der Waals surface area contributed by atoms with Gasteiger partial charge in [0.1, 0.15) is 0 Å². The fourth-order valence-corrected chi connectivity index (χ4v) is 2.85. The second-order valence-electron chi connectivity index (χ2n) is 8.31. The van der Waals surface area contributed by atoms with Crippen molar-refractivity contribution in [1.29, 1.82) is 0 Å². The highest BCUT2D eigenvalue weighted by molar-refractivity contribution is 4.93. The molecule has 1 aliphatic heterocycles. The molecular weight excluding hydrogens is 232 g/mol. The lowest BCUT2D eigenvalue weighted by molar-refractivity contribution is 0.0471. The van der Waals surface area contributed by atoms with Gasteiger partial charge in [0.15, 0.2) is 0 Å². The van der Waals surface area contributed by atoms with Gasteiger partial charge in [-0.3, -0.25) is 4.90 Å². The third-order valence-electron chi connectivity index (χ3n) is 4.93. The normalized spacial score (nSPS) is 28.1. The molecule has 0 amide bonds. The van der Waals surface area contributed by atoms with Gasteiger partial charge in [-0.1, -0.05) is 55.4 Å². The molecule has 1 rings (SSSR count). The van der Waals surface area contributed by atoms with E-state index in [0.29, 0.717) is 17.5 Å². The molecule has 1 heterocycles. The molecule has 0 aromatic rings. The molecule has 0 aliphatic carbocycles. The molecule has 0 aromatic carbocycles. The highest BCUT2D eigenvalue weighted by Crippen LogP contribution is 2.27. The summed E-state index contributed by atoms with van der Waals surface area (Å²) < 4.78 is 0. The Balaban J connectivity index is 2.73. The van der Waals surface area contributed by atoms with Gasteiger partial charge in [0.2, 0.25) is 0 Å². The summed E-state index contributed by atoms with van der Waals surface area (Å²) in [5.41, 5.74) is 0.348. The standard InChI is InChI=1S/C17H36N2/c1-12(2)14(5)10-19-11-16(17(6,7)8)18-9-15(19)13(3)4/h12-16,18H,9-11H2,1-8H3. The molecule has 1 fully saturated rings. The van der Waals surface area contributed by atoms with E-state index in [0.717, 1.165) is 24.3 Å². The molecule has 19 heavy (non-hydrogen) atoms. The average molecular weight is 268 g/mol. The van der Waals surface area contributed by atoms with Crippen molar-refractivity contribution in [3.8, 4) is 0 Å². The van der Waals surface area contributed by atoms with Crippen LogP contribution in [0.1, 0.15) is 55.4 Å². The monoisotopic (exact) mass is 268 g/mol. The van der Waals surface area contributed by atoms with Crippen LogP contribution in [0.2, 0.25) is 0 Å². The van der Waals surface area contributed by atoms with Crippen LogP contribution >= 0.6 is 0 Å². The maximum atomic E-state index is 3.78. The SMILES string of the molecule is CC(C)C(C)CN1CC(C(C)(C)C)NCC1C(C)C. The summed E-state index contributed by atoms with van der Waals surface area (Å²) in [4.78, 5) is 2.75. The Morgan fingerprint density at radius 2 is 1.68 bits per heavy atom. The first kappa shape index (κ1) is 17.0. The van der Waals surface area contributed by atoms with Gasteiger partial charge in [-0.2, -0.15) is 0 Å². The summed E-state index contributed by atoms with van der Waals surface area (Å²) in [5, 5.41) is 3.78. The number of rotatable bonds is 4. The zero-order chi connectivity index (χ0) is 14.8. The van der Waals surface area contributed by atoms with Crippen molar-refractivity contribution in [3.05, 3.63) is 0 Å². The van der Waals surface area contributed by atoms with Gasteiger partial charge in [0.25, 0.3) is 0 Å². The molecule has 3 atom stereocenters. The van der Waals surface area contributed by atoms with Gasteiger partial charge in [0.05, 0.1) is 0 Å². The van der Waals surface area contributed by atoms with Crippen molar-refractivity contribution in [2.75, 3.05) is 19.6 Å². The van der Waals surface area contributed by atoms with E-state index in [1.807, 2.05) is 0 Å².